The van der Waals surface area contributed by atoms with Gasteiger partial charge in [-0.05, 0) is 58.8 Å². The number of ether oxygens (including phenoxy) is 1. The maximum absolute atomic E-state index is 12.8. The van der Waals surface area contributed by atoms with Crippen LogP contribution in [0.25, 0.3) is 0 Å². The first-order chi connectivity index (χ1) is 15.5. The lowest BCUT2D eigenvalue weighted by Gasteiger charge is -2.34. The first-order valence-corrected chi connectivity index (χ1v) is 11.7. The number of amides is 3. The molecule has 2 aliphatic heterocycles. The Labute approximate surface area is 196 Å². The number of carbonyl (C=O) groups excluding carboxylic acids is 3. The van der Waals surface area contributed by atoms with Gasteiger partial charge < -0.3 is 25.0 Å². The van der Waals surface area contributed by atoms with Gasteiger partial charge in [-0.1, -0.05) is 5.92 Å². The van der Waals surface area contributed by atoms with E-state index in [0.29, 0.717) is 44.9 Å². The van der Waals surface area contributed by atoms with Crippen LogP contribution in [0.15, 0.2) is 0 Å². The molecule has 0 aliphatic carbocycles. The highest BCUT2D eigenvalue weighted by molar-refractivity contribution is 5.82. The summed E-state index contributed by atoms with van der Waals surface area (Å²) in [6.07, 6.45) is 8.92. The Morgan fingerprint density at radius 2 is 1.79 bits per heavy atom. The number of terminal acetylenes is 1. The van der Waals surface area contributed by atoms with Crippen molar-refractivity contribution < 1.29 is 29.0 Å². The van der Waals surface area contributed by atoms with E-state index in [1.807, 2.05) is 20.8 Å². The van der Waals surface area contributed by atoms with Gasteiger partial charge in [0.2, 0.25) is 11.8 Å². The first kappa shape index (κ1) is 26.5. The summed E-state index contributed by atoms with van der Waals surface area (Å²) in [7, 11) is 0. The van der Waals surface area contributed by atoms with Crippen molar-refractivity contribution >= 4 is 23.9 Å². The smallest absolute Gasteiger partial charge is 0.410 e. The third-order valence-electron chi connectivity index (χ3n) is 6.07. The SMILES string of the molecule is C#C[C@H](CC(=O)O)NC(=O)[C@@H]1CCCN(C(=O)CCC2CCN(C(=O)OC(C)(C)C)CC2)C1. The normalized spacial score (nSPS) is 20.5. The molecule has 0 aromatic rings. The molecular weight excluding hydrogens is 426 g/mol. The molecular formula is C24H37N3O6. The zero-order chi connectivity index (χ0) is 24.6. The molecule has 2 heterocycles. The van der Waals surface area contributed by atoms with Crippen molar-refractivity contribution in [2.24, 2.45) is 11.8 Å². The third-order valence-corrected chi connectivity index (χ3v) is 6.07. The molecule has 0 aromatic heterocycles. The molecule has 2 saturated heterocycles. The quantitative estimate of drug-likeness (QED) is 0.560. The van der Waals surface area contributed by atoms with Crippen molar-refractivity contribution in [3.63, 3.8) is 0 Å². The summed E-state index contributed by atoms with van der Waals surface area (Å²) < 4.78 is 5.42. The Morgan fingerprint density at radius 1 is 1.12 bits per heavy atom. The number of rotatable bonds is 7. The lowest BCUT2D eigenvalue weighted by Crippen LogP contribution is -2.47. The van der Waals surface area contributed by atoms with Crippen LogP contribution in [0.1, 0.15) is 65.7 Å². The average Bonchev–Trinajstić information content (AvgIpc) is 2.75. The van der Waals surface area contributed by atoms with Crippen molar-refractivity contribution in [3.8, 4) is 12.3 Å². The van der Waals surface area contributed by atoms with E-state index in [1.165, 1.54) is 0 Å². The lowest BCUT2D eigenvalue weighted by atomic mass is 9.91. The minimum absolute atomic E-state index is 0.0288. The number of carbonyl (C=O) groups is 4. The van der Waals surface area contributed by atoms with Gasteiger partial charge in [-0.25, -0.2) is 4.79 Å². The number of aliphatic carboxylic acids is 1. The molecule has 0 bridgehead atoms. The fraction of sp³-hybridized carbons (Fsp3) is 0.750. The molecule has 33 heavy (non-hydrogen) atoms. The van der Waals surface area contributed by atoms with E-state index in [9.17, 15) is 19.2 Å². The zero-order valence-corrected chi connectivity index (χ0v) is 20.0. The van der Waals surface area contributed by atoms with E-state index >= 15 is 0 Å². The van der Waals surface area contributed by atoms with Gasteiger partial charge in [-0.15, -0.1) is 6.42 Å². The van der Waals surface area contributed by atoms with Gasteiger partial charge in [0, 0.05) is 32.6 Å². The van der Waals surface area contributed by atoms with Crippen LogP contribution in [0.2, 0.25) is 0 Å². The van der Waals surface area contributed by atoms with Crippen LogP contribution in [-0.4, -0.2) is 76.6 Å². The zero-order valence-electron chi connectivity index (χ0n) is 20.0. The second kappa shape index (κ2) is 11.9. The second-order valence-electron chi connectivity index (χ2n) is 9.95. The van der Waals surface area contributed by atoms with Crippen molar-refractivity contribution in [1.29, 1.82) is 0 Å². The lowest BCUT2D eigenvalue weighted by molar-refractivity contribution is -0.137. The number of piperidine rings is 2. The van der Waals surface area contributed by atoms with Crippen molar-refractivity contribution in [2.75, 3.05) is 26.2 Å². The van der Waals surface area contributed by atoms with E-state index in [0.717, 1.165) is 25.7 Å². The summed E-state index contributed by atoms with van der Waals surface area (Å²) in [6.45, 7) is 7.75. The number of carboxylic acid groups (broad SMARTS) is 1. The molecule has 0 unspecified atom stereocenters. The Balaban J connectivity index is 1.75. The van der Waals surface area contributed by atoms with Gasteiger partial charge in [0.25, 0.3) is 0 Å². The van der Waals surface area contributed by atoms with Crippen LogP contribution in [0.3, 0.4) is 0 Å². The molecule has 0 saturated carbocycles. The number of nitrogens with zero attached hydrogens (tertiary/aromatic N) is 2. The number of nitrogens with one attached hydrogen (secondary N) is 1. The first-order valence-electron chi connectivity index (χ1n) is 11.7. The molecule has 0 spiro atoms. The Hall–Kier alpha value is -2.76. The third kappa shape index (κ3) is 8.95. The number of likely N-dealkylation sites (tertiary alicyclic amines) is 2. The van der Waals surface area contributed by atoms with Crippen LogP contribution in [0.5, 0.6) is 0 Å². The van der Waals surface area contributed by atoms with Crippen LogP contribution in [-0.2, 0) is 19.1 Å². The molecule has 2 rings (SSSR count). The monoisotopic (exact) mass is 463 g/mol. The molecule has 3 amide bonds. The minimum Gasteiger partial charge on any atom is -0.481 e. The van der Waals surface area contributed by atoms with Crippen molar-refractivity contribution in [3.05, 3.63) is 0 Å². The summed E-state index contributed by atoms with van der Waals surface area (Å²) in [6, 6.07) is -0.854. The number of hydrogen-bond donors (Lipinski definition) is 2. The summed E-state index contributed by atoms with van der Waals surface area (Å²) in [5.74, 6) is 0.939. The summed E-state index contributed by atoms with van der Waals surface area (Å²) >= 11 is 0. The van der Waals surface area contributed by atoms with Gasteiger partial charge in [-0.2, -0.15) is 0 Å². The molecule has 184 valence electrons. The molecule has 9 nitrogen and oxygen atoms in total. The molecule has 2 N–H and O–H groups in total. The summed E-state index contributed by atoms with van der Waals surface area (Å²) in [4.78, 5) is 51.8. The standard InChI is InChI=1S/C24H37N3O6/c1-5-19(15-21(29)30)25-22(31)18-7-6-12-27(16-18)20(28)9-8-17-10-13-26(14-11-17)23(32)33-24(2,3)4/h1,17-19H,6-16H2,2-4H3,(H,25,31)(H,29,30)/t18-,19-/m1/s1. The van der Waals surface area contributed by atoms with Crippen LogP contribution in [0, 0.1) is 24.2 Å². The second-order valence-corrected chi connectivity index (χ2v) is 9.95. The van der Waals surface area contributed by atoms with E-state index in [2.05, 4.69) is 11.2 Å². The van der Waals surface area contributed by atoms with Crippen molar-refractivity contribution in [2.45, 2.75) is 77.4 Å². The topological polar surface area (TPSA) is 116 Å². The van der Waals surface area contributed by atoms with E-state index < -0.39 is 17.6 Å². The number of carboxylic acids is 1. The van der Waals surface area contributed by atoms with Crippen molar-refractivity contribution in [1.82, 2.24) is 15.1 Å². The van der Waals surface area contributed by atoms with Crippen LogP contribution < -0.4 is 5.32 Å². The Morgan fingerprint density at radius 3 is 2.36 bits per heavy atom. The predicted octanol–water partition coefficient (Wildman–Crippen LogP) is 2.24. The molecule has 2 atom stereocenters. The van der Waals surface area contributed by atoms with Gasteiger partial charge in [0.15, 0.2) is 0 Å². The molecule has 0 radical (unpaired) electrons. The van der Waals surface area contributed by atoms with Gasteiger partial charge in [0.05, 0.1) is 12.3 Å². The van der Waals surface area contributed by atoms with Gasteiger partial charge >= 0.3 is 12.1 Å². The maximum atomic E-state index is 12.8. The fourth-order valence-electron chi connectivity index (χ4n) is 4.25. The van der Waals surface area contributed by atoms with E-state index in [1.54, 1.807) is 9.80 Å². The fourth-order valence-corrected chi connectivity index (χ4v) is 4.25. The molecule has 2 fully saturated rings. The average molecular weight is 464 g/mol. The summed E-state index contributed by atoms with van der Waals surface area (Å²) in [5, 5.41) is 11.5. The van der Waals surface area contributed by atoms with Gasteiger partial charge in [0.1, 0.15) is 11.6 Å². The summed E-state index contributed by atoms with van der Waals surface area (Å²) in [5.41, 5.74) is -0.512. The molecule has 0 aromatic carbocycles. The predicted molar refractivity (Wildman–Crippen MR) is 122 cm³/mol. The molecule has 2 aliphatic rings. The van der Waals surface area contributed by atoms with E-state index in [-0.39, 0.29) is 30.2 Å². The number of hydrogen-bond acceptors (Lipinski definition) is 5. The molecule has 9 heteroatoms. The highest BCUT2D eigenvalue weighted by Gasteiger charge is 2.31. The highest BCUT2D eigenvalue weighted by atomic mass is 16.6. The maximum Gasteiger partial charge on any atom is 0.410 e. The van der Waals surface area contributed by atoms with Crippen LogP contribution >= 0.6 is 0 Å². The Kier molecular flexibility index (Phi) is 9.56. The van der Waals surface area contributed by atoms with Gasteiger partial charge in [-0.3, -0.25) is 14.4 Å². The van der Waals surface area contributed by atoms with E-state index in [4.69, 9.17) is 16.3 Å². The van der Waals surface area contributed by atoms with Crippen LogP contribution in [0.4, 0.5) is 4.79 Å². The largest absolute Gasteiger partial charge is 0.481 e. The highest BCUT2D eigenvalue weighted by Crippen LogP contribution is 2.25. The minimum atomic E-state index is -1.07. The Bertz CT molecular complexity index is 761.